The molecule has 0 amide bonds. The van der Waals surface area contributed by atoms with Crippen LogP contribution in [0.1, 0.15) is 52.9 Å². The Kier molecular flexibility index (Phi) is 4.39. The molecule has 2 nitrogen and oxygen atoms in total. The molecule has 0 bridgehead atoms. The van der Waals surface area contributed by atoms with Crippen LogP contribution in [0.3, 0.4) is 0 Å². The smallest absolute Gasteiger partial charge is 0.0616 e. The summed E-state index contributed by atoms with van der Waals surface area (Å²) in [6.07, 6.45) is 6.01. The summed E-state index contributed by atoms with van der Waals surface area (Å²) in [5.41, 5.74) is 0.0319. The molecule has 0 aromatic rings. The largest absolute Gasteiger partial charge is 0.394 e. The molecule has 0 saturated heterocycles. The SMILES string of the molecule is CCC(C)NC1(CO)CCCC1CC. The zero-order valence-corrected chi connectivity index (χ0v) is 9.84. The van der Waals surface area contributed by atoms with Gasteiger partial charge in [0.25, 0.3) is 0 Å². The second-order valence-electron chi connectivity index (χ2n) is 4.77. The van der Waals surface area contributed by atoms with Gasteiger partial charge in [0.1, 0.15) is 0 Å². The van der Waals surface area contributed by atoms with Gasteiger partial charge in [0.05, 0.1) is 6.61 Å². The van der Waals surface area contributed by atoms with E-state index >= 15 is 0 Å². The van der Waals surface area contributed by atoms with E-state index in [1.807, 2.05) is 0 Å². The Morgan fingerprint density at radius 3 is 2.71 bits per heavy atom. The molecule has 2 N–H and O–H groups in total. The predicted molar refractivity (Wildman–Crippen MR) is 60.3 cm³/mol. The van der Waals surface area contributed by atoms with E-state index in [-0.39, 0.29) is 5.54 Å². The number of nitrogens with one attached hydrogen (secondary N) is 1. The van der Waals surface area contributed by atoms with Crippen LogP contribution in [0.5, 0.6) is 0 Å². The molecule has 1 rings (SSSR count). The van der Waals surface area contributed by atoms with Crippen molar-refractivity contribution in [2.24, 2.45) is 5.92 Å². The van der Waals surface area contributed by atoms with E-state index in [0.717, 1.165) is 12.8 Å². The summed E-state index contributed by atoms with van der Waals surface area (Å²) >= 11 is 0. The Hall–Kier alpha value is -0.0800. The molecule has 1 aliphatic rings. The van der Waals surface area contributed by atoms with Crippen LogP contribution in [0.25, 0.3) is 0 Å². The van der Waals surface area contributed by atoms with E-state index in [2.05, 4.69) is 26.1 Å². The van der Waals surface area contributed by atoms with Gasteiger partial charge in [-0.3, -0.25) is 0 Å². The van der Waals surface area contributed by atoms with Crippen LogP contribution in [0.2, 0.25) is 0 Å². The average Bonchev–Trinajstić information content (AvgIpc) is 2.61. The van der Waals surface area contributed by atoms with Crippen LogP contribution >= 0.6 is 0 Å². The predicted octanol–water partition coefficient (Wildman–Crippen LogP) is 2.32. The van der Waals surface area contributed by atoms with Crippen molar-refractivity contribution in [2.75, 3.05) is 6.61 Å². The fraction of sp³-hybridized carbons (Fsp3) is 1.00. The number of rotatable bonds is 5. The molecule has 0 spiro atoms. The summed E-state index contributed by atoms with van der Waals surface area (Å²) in [7, 11) is 0. The second-order valence-corrected chi connectivity index (χ2v) is 4.77. The molecule has 3 unspecified atom stereocenters. The lowest BCUT2D eigenvalue weighted by Crippen LogP contribution is -2.54. The molecular weight excluding hydrogens is 174 g/mol. The fourth-order valence-electron chi connectivity index (χ4n) is 2.78. The highest BCUT2D eigenvalue weighted by Crippen LogP contribution is 2.37. The highest BCUT2D eigenvalue weighted by molar-refractivity contribution is 4.99. The molecule has 3 atom stereocenters. The van der Waals surface area contributed by atoms with Gasteiger partial charge in [-0.2, -0.15) is 0 Å². The van der Waals surface area contributed by atoms with Gasteiger partial charge in [-0.25, -0.2) is 0 Å². The first-order valence-corrected chi connectivity index (χ1v) is 6.07. The molecule has 0 aliphatic heterocycles. The minimum Gasteiger partial charge on any atom is -0.394 e. The number of aliphatic hydroxyl groups is 1. The molecular formula is C12H25NO. The summed E-state index contributed by atoms with van der Waals surface area (Å²) in [4.78, 5) is 0. The first-order chi connectivity index (χ1) is 6.68. The molecule has 1 fully saturated rings. The van der Waals surface area contributed by atoms with Crippen molar-refractivity contribution in [1.82, 2.24) is 5.32 Å². The van der Waals surface area contributed by atoms with Crippen LogP contribution in [0.15, 0.2) is 0 Å². The first-order valence-electron chi connectivity index (χ1n) is 6.07. The minimum absolute atomic E-state index is 0.0319. The van der Waals surface area contributed by atoms with Gasteiger partial charge in [0, 0.05) is 11.6 Å². The molecule has 2 heteroatoms. The normalized spacial score (nSPS) is 34.7. The second kappa shape index (κ2) is 5.13. The Morgan fingerprint density at radius 2 is 2.21 bits per heavy atom. The standard InChI is InChI=1S/C12H25NO/c1-4-10(3)13-12(9-14)8-6-7-11(12)5-2/h10-11,13-14H,4-9H2,1-3H3. The molecule has 1 saturated carbocycles. The zero-order chi connectivity index (χ0) is 10.6. The van der Waals surface area contributed by atoms with Crippen molar-refractivity contribution in [2.45, 2.75) is 64.5 Å². The van der Waals surface area contributed by atoms with Gasteiger partial charge in [-0.15, -0.1) is 0 Å². The van der Waals surface area contributed by atoms with Crippen molar-refractivity contribution in [1.29, 1.82) is 0 Å². The molecule has 1 aliphatic carbocycles. The van der Waals surface area contributed by atoms with Crippen molar-refractivity contribution in [3.8, 4) is 0 Å². The average molecular weight is 199 g/mol. The summed E-state index contributed by atoms with van der Waals surface area (Å²) < 4.78 is 0. The third kappa shape index (κ3) is 2.29. The van der Waals surface area contributed by atoms with Crippen molar-refractivity contribution < 1.29 is 5.11 Å². The molecule has 84 valence electrons. The van der Waals surface area contributed by atoms with Crippen LogP contribution in [0.4, 0.5) is 0 Å². The van der Waals surface area contributed by atoms with Crippen molar-refractivity contribution in [3.05, 3.63) is 0 Å². The third-order valence-electron chi connectivity index (χ3n) is 3.88. The Bertz CT molecular complexity index is 172. The number of hydrogen-bond donors (Lipinski definition) is 2. The maximum atomic E-state index is 9.60. The first kappa shape index (κ1) is 12.0. The quantitative estimate of drug-likeness (QED) is 0.712. The van der Waals surface area contributed by atoms with Gasteiger partial charge in [0.2, 0.25) is 0 Å². The lowest BCUT2D eigenvalue weighted by atomic mass is 9.85. The lowest BCUT2D eigenvalue weighted by Gasteiger charge is -2.37. The van der Waals surface area contributed by atoms with E-state index in [1.165, 1.54) is 19.3 Å². The van der Waals surface area contributed by atoms with Crippen LogP contribution in [-0.4, -0.2) is 23.3 Å². The van der Waals surface area contributed by atoms with Gasteiger partial charge in [-0.05, 0) is 32.1 Å². The van der Waals surface area contributed by atoms with Gasteiger partial charge in [-0.1, -0.05) is 26.7 Å². The molecule has 0 aromatic heterocycles. The zero-order valence-electron chi connectivity index (χ0n) is 9.84. The van der Waals surface area contributed by atoms with E-state index in [0.29, 0.717) is 18.6 Å². The summed E-state index contributed by atoms with van der Waals surface area (Å²) in [5.74, 6) is 0.668. The Morgan fingerprint density at radius 1 is 1.50 bits per heavy atom. The Balaban J connectivity index is 2.64. The fourth-order valence-corrected chi connectivity index (χ4v) is 2.78. The molecule has 14 heavy (non-hydrogen) atoms. The van der Waals surface area contributed by atoms with Crippen LogP contribution < -0.4 is 5.32 Å². The molecule has 0 aromatic carbocycles. The summed E-state index contributed by atoms with van der Waals surface area (Å²) in [6, 6.07) is 0.522. The van der Waals surface area contributed by atoms with Crippen LogP contribution in [0, 0.1) is 5.92 Å². The van der Waals surface area contributed by atoms with E-state index in [4.69, 9.17) is 0 Å². The molecule has 0 radical (unpaired) electrons. The van der Waals surface area contributed by atoms with E-state index in [9.17, 15) is 5.11 Å². The monoisotopic (exact) mass is 199 g/mol. The minimum atomic E-state index is 0.0319. The summed E-state index contributed by atoms with van der Waals surface area (Å²) in [5, 5.41) is 13.2. The third-order valence-corrected chi connectivity index (χ3v) is 3.88. The summed E-state index contributed by atoms with van der Waals surface area (Å²) in [6.45, 7) is 6.94. The molecule has 0 heterocycles. The maximum absolute atomic E-state index is 9.60. The van der Waals surface area contributed by atoms with Gasteiger partial charge in [0.15, 0.2) is 0 Å². The van der Waals surface area contributed by atoms with Crippen LogP contribution in [-0.2, 0) is 0 Å². The highest BCUT2D eigenvalue weighted by Gasteiger charge is 2.41. The number of aliphatic hydroxyl groups excluding tert-OH is 1. The topological polar surface area (TPSA) is 32.3 Å². The maximum Gasteiger partial charge on any atom is 0.0616 e. The van der Waals surface area contributed by atoms with E-state index < -0.39 is 0 Å². The lowest BCUT2D eigenvalue weighted by molar-refractivity contribution is 0.110. The van der Waals surface area contributed by atoms with Crippen molar-refractivity contribution in [3.63, 3.8) is 0 Å². The highest BCUT2D eigenvalue weighted by atomic mass is 16.3. The van der Waals surface area contributed by atoms with Gasteiger partial charge < -0.3 is 10.4 Å². The van der Waals surface area contributed by atoms with Gasteiger partial charge >= 0.3 is 0 Å². The number of hydrogen-bond acceptors (Lipinski definition) is 2. The van der Waals surface area contributed by atoms with Crippen molar-refractivity contribution >= 4 is 0 Å². The Labute approximate surface area is 88.1 Å². The van der Waals surface area contributed by atoms with E-state index in [1.54, 1.807) is 0 Å².